The van der Waals surface area contributed by atoms with E-state index in [4.69, 9.17) is 5.10 Å². The van der Waals surface area contributed by atoms with E-state index in [1.807, 2.05) is 0 Å². The third-order valence-electron chi connectivity index (χ3n) is 4.98. The first-order valence-electron chi connectivity index (χ1n) is 8.24. The zero-order valence-corrected chi connectivity index (χ0v) is 12.5. The predicted molar refractivity (Wildman–Crippen MR) is 84.4 cm³/mol. The highest BCUT2D eigenvalue weighted by atomic mass is 15.3. The lowest BCUT2D eigenvalue weighted by atomic mass is 9.94. The standard InChI is InChI=1S/C18H23N3/c1-2-7-17(6-1)21-11-9-16(20-21)12-15-5-3-4-14-8-10-19-13-18(14)15/h3-5,9,11,17,19H,1-2,6-8,10,12-13H2. The van der Waals surface area contributed by atoms with Crippen LogP contribution >= 0.6 is 0 Å². The van der Waals surface area contributed by atoms with Gasteiger partial charge in [-0.15, -0.1) is 0 Å². The van der Waals surface area contributed by atoms with E-state index < -0.39 is 0 Å². The van der Waals surface area contributed by atoms with Gasteiger partial charge in [-0.25, -0.2) is 0 Å². The summed E-state index contributed by atoms with van der Waals surface area (Å²) in [6.07, 6.45) is 9.61. The maximum Gasteiger partial charge on any atom is 0.0668 e. The van der Waals surface area contributed by atoms with Gasteiger partial charge in [0.15, 0.2) is 0 Å². The van der Waals surface area contributed by atoms with Gasteiger partial charge >= 0.3 is 0 Å². The Kier molecular flexibility index (Phi) is 3.52. The number of nitrogens with one attached hydrogen (secondary N) is 1. The maximum absolute atomic E-state index is 4.83. The summed E-state index contributed by atoms with van der Waals surface area (Å²) >= 11 is 0. The SMILES string of the molecule is c1cc2c(c(Cc3ccn(C4CCCC4)n3)c1)CNCC2. The monoisotopic (exact) mass is 281 g/mol. The number of fused-ring (bicyclic) bond motifs is 1. The number of rotatable bonds is 3. The van der Waals surface area contributed by atoms with Crippen molar-refractivity contribution >= 4 is 0 Å². The van der Waals surface area contributed by atoms with Gasteiger partial charge in [0, 0.05) is 19.2 Å². The minimum absolute atomic E-state index is 0.644. The molecule has 0 unspecified atom stereocenters. The van der Waals surface area contributed by atoms with Crippen molar-refractivity contribution in [3.63, 3.8) is 0 Å². The van der Waals surface area contributed by atoms with Crippen molar-refractivity contribution in [1.29, 1.82) is 0 Å². The summed E-state index contributed by atoms with van der Waals surface area (Å²) in [7, 11) is 0. The Morgan fingerprint density at radius 1 is 1.19 bits per heavy atom. The molecule has 0 amide bonds. The van der Waals surface area contributed by atoms with E-state index in [1.54, 1.807) is 0 Å². The molecule has 1 aliphatic heterocycles. The van der Waals surface area contributed by atoms with Crippen LogP contribution in [0.25, 0.3) is 0 Å². The topological polar surface area (TPSA) is 29.9 Å². The summed E-state index contributed by atoms with van der Waals surface area (Å²) < 4.78 is 2.20. The molecular formula is C18H23N3. The molecule has 3 nitrogen and oxygen atoms in total. The Balaban J connectivity index is 1.56. The summed E-state index contributed by atoms with van der Waals surface area (Å²) in [6.45, 7) is 2.11. The summed E-state index contributed by atoms with van der Waals surface area (Å²) in [4.78, 5) is 0. The zero-order valence-electron chi connectivity index (χ0n) is 12.5. The third-order valence-corrected chi connectivity index (χ3v) is 4.98. The molecular weight excluding hydrogens is 258 g/mol. The van der Waals surface area contributed by atoms with E-state index in [-0.39, 0.29) is 0 Å². The normalized spacial score (nSPS) is 18.9. The van der Waals surface area contributed by atoms with Crippen LogP contribution in [-0.4, -0.2) is 16.3 Å². The van der Waals surface area contributed by atoms with E-state index in [0.29, 0.717) is 6.04 Å². The Bertz CT molecular complexity index is 623. The first-order chi connectivity index (χ1) is 10.4. The minimum Gasteiger partial charge on any atom is -0.312 e. The molecule has 2 aromatic rings. The number of aromatic nitrogens is 2. The molecule has 4 rings (SSSR count). The number of benzene rings is 1. The molecule has 3 heteroatoms. The minimum atomic E-state index is 0.644. The Morgan fingerprint density at radius 2 is 2.10 bits per heavy atom. The Morgan fingerprint density at radius 3 is 3.00 bits per heavy atom. The van der Waals surface area contributed by atoms with Gasteiger partial charge in [-0.05, 0) is 48.6 Å². The van der Waals surface area contributed by atoms with Gasteiger partial charge in [0.05, 0.1) is 11.7 Å². The molecule has 1 aromatic carbocycles. The lowest BCUT2D eigenvalue weighted by molar-refractivity contribution is 0.463. The summed E-state index contributed by atoms with van der Waals surface area (Å²) in [5.41, 5.74) is 5.66. The molecule has 0 saturated heterocycles. The first-order valence-corrected chi connectivity index (χ1v) is 8.24. The molecule has 1 aliphatic carbocycles. The second-order valence-electron chi connectivity index (χ2n) is 6.38. The van der Waals surface area contributed by atoms with Gasteiger partial charge in [0.25, 0.3) is 0 Å². The predicted octanol–water partition coefficient (Wildman–Crippen LogP) is 3.23. The molecule has 0 radical (unpaired) electrons. The van der Waals surface area contributed by atoms with E-state index in [2.05, 4.69) is 40.5 Å². The highest BCUT2D eigenvalue weighted by Crippen LogP contribution is 2.29. The van der Waals surface area contributed by atoms with Gasteiger partial charge in [-0.3, -0.25) is 4.68 Å². The molecule has 21 heavy (non-hydrogen) atoms. The quantitative estimate of drug-likeness (QED) is 0.936. The molecule has 0 atom stereocenters. The fourth-order valence-electron chi connectivity index (χ4n) is 3.79. The lowest BCUT2D eigenvalue weighted by Crippen LogP contribution is -2.24. The fraction of sp³-hybridized carbons (Fsp3) is 0.500. The van der Waals surface area contributed by atoms with Crippen molar-refractivity contribution in [3.8, 4) is 0 Å². The molecule has 0 bridgehead atoms. The molecule has 1 N–H and O–H groups in total. The third kappa shape index (κ3) is 2.62. The lowest BCUT2D eigenvalue weighted by Gasteiger charge is -2.20. The molecule has 2 heterocycles. The summed E-state index contributed by atoms with van der Waals surface area (Å²) in [5.74, 6) is 0. The van der Waals surface area contributed by atoms with Crippen LogP contribution in [0.15, 0.2) is 30.5 Å². The molecule has 1 aromatic heterocycles. The molecule has 1 saturated carbocycles. The van der Waals surface area contributed by atoms with Crippen molar-refractivity contribution < 1.29 is 0 Å². The van der Waals surface area contributed by atoms with Crippen LogP contribution in [0.3, 0.4) is 0 Å². The summed E-state index contributed by atoms with van der Waals surface area (Å²) in [5, 5.41) is 8.32. The maximum atomic E-state index is 4.83. The highest BCUT2D eigenvalue weighted by Gasteiger charge is 2.18. The van der Waals surface area contributed by atoms with Crippen LogP contribution in [-0.2, 0) is 19.4 Å². The van der Waals surface area contributed by atoms with Crippen LogP contribution in [0, 0.1) is 0 Å². The van der Waals surface area contributed by atoms with Crippen LogP contribution in [0.1, 0.15) is 54.1 Å². The van der Waals surface area contributed by atoms with E-state index in [0.717, 1.165) is 25.9 Å². The van der Waals surface area contributed by atoms with E-state index in [1.165, 1.54) is 48.1 Å². The van der Waals surface area contributed by atoms with Crippen LogP contribution in [0.4, 0.5) is 0 Å². The zero-order chi connectivity index (χ0) is 14.1. The van der Waals surface area contributed by atoms with Gasteiger partial charge in [0.2, 0.25) is 0 Å². The van der Waals surface area contributed by atoms with Crippen molar-refractivity contribution in [3.05, 3.63) is 52.8 Å². The van der Waals surface area contributed by atoms with Gasteiger partial charge in [-0.1, -0.05) is 31.0 Å². The largest absolute Gasteiger partial charge is 0.312 e. The second-order valence-corrected chi connectivity index (χ2v) is 6.38. The summed E-state index contributed by atoms with van der Waals surface area (Å²) in [6, 6.07) is 9.59. The van der Waals surface area contributed by atoms with E-state index >= 15 is 0 Å². The van der Waals surface area contributed by atoms with Crippen LogP contribution in [0.5, 0.6) is 0 Å². The van der Waals surface area contributed by atoms with Gasteiger partial charge in [0.1, 0.15) is 0 Å². The highest BCUT2D eigenvalue weighted by molar-refractivity contribution is 5.38. The molecule has 2 aliphatic rings. The molecule has 0 spiro atoms. The Labute approximate surface area is 126 Å². The van der Waals surface area contributed by atoms with Crippen molar-refractivity contribution in [2.75, 3.05) is 6.54 Å². The molecule has 110 valence electrons. The average Bonchev–Trinajstić information content (AvgIpc) is 3.18. The van der Waals surface area contributed by atoms with Gasteiger partial charge in [-0.2, -0.15) is 5.10 Å². The Hall–Kier alpha value is -1.61. The van der Waals surface area contributed by atoms with Crippen molar-refractivity contribution in [2.24, 2.45) is 0 Å². The van der Waals surface area contributed by atoms with Gasteiger partial charge < -0.3 is 5.32 Å². The first kappa shape index (κ1) is 13.1. The van der Waals surface area contributed by atoms with Crippen molar-refractivity contribution in [1.82, 2.24) is 15.1 Å². The van der Waals surface area contributed by atoms with Crippen LogP contribution in [0.2, 0.25) is 0 Å². The second kappa shape index (κ2) is 5.64. The van der Waals surface area contributed by atoms with Crippen LogP contribution < -0.4 is 5.32 Å². The number of hydrogen-bond acceptors (Lipinski definition) is 2. The van der Waals surface area contributed by atoms with Crippen molar-refractivity contribution in [2.45, 2.75) is 51.1 Å². The molecule has 1 fully saturated rings. The fourth-order valence-corrected chi connectivity index (χ4v) is 3.79. The number of hydrogen-bond donors (Lipinski definition) is 1. The smallest absolute Gasteiger partial charge is 0.0668 e. The number of nitrogens with zero attached hydrogens (tertiary/aromatic N) is 2. The average molecular weight is 281 g/mol. The van der Waals surface area contributed by atoms with E-state index in [9.17, 15) is 0 Å².